The zero-order chi connectivity index (χ0) is 18.5. The van der Waals surface area contributed by atoms with Gasteiger partial charge in [-0.15, -0.1) is 5.10 Å². The van der Waals surface area contributed by atoms with Crippen LogP contribution in [0, 0.1) is 5.92 Å². The SMILES string of the molecule is CNC(=O)c1cn(CC2CCCN(C(=O)N(C)Cc3ccns3)C2)nn1. The summed E-state index contributed by atoms with van der Waals surface area (Å²) in [5.41, 5.74) is 0.306. The first-order valence-corrected chi connectivity index (χ1v) is 9.36. The summed E-state index contributed by atoms with van der Waals surface area (Å²) >= 11 is 1.41. The average molecular weight is 377 g/mol. The van der Waals surface area contributed by atoms with Gasteiger partial charge in [-0.25, -0.2) is 9.17 Å². The maximum Gasteiger partial charge on any atom is 0.320 e. The van der Waals surface area contributed by atoms with Crippen LogP contribution < -0.4 is 5.32 Å². The van der Waals surface area contributed by atoms with Gasteiger partial charge >= 0.3 is 6.03 Å². The Kier molecular flexibility index (Phi) is 5.82. The van der Waals surface area contributed by atoms with Gasteiger partial charge in [-0.1, -0.05) is 5.21 Å². The summed E-state index contributed by atoms with van der Waals surface area (Å²) in [5.74, 6) is 0.0464. The van der Waals surface area contributed by atoms with Crippen LogP contribution in [-0.2, 0) is 13.1 Å². The summed E-state index contributed by atoms with van der Waals surface area (Å²) in [7, 11) is 3.38. The Morgan fingerprint density at radius 2 is 2.31 bits per heavy atom. The highest BCUT2D eigenvalue weighted by atomic mass is 32.1. The molecule has 140 valence electrons. The van der Waals surface area contributed by atoms with Crippen LogP contribution >= 0.6 is 11.5 Å². The van der Waals surface area contributed by atoms with Gasteiger partial charge in [-0.05, 0) is 36.4 Å². The monoisotopic (exact) mass is 377 g/mol. The molecule has 0 radical (unpaired) electrons. The summed E-state index contributed by atoms with van der Waals surface area (Å²) in [6, 6.07) is 1.97. The van der Waals surface area contributed by atoms with Crippen molar-refractivity contribution in [2.75, 3.05) is 27.2 Å². The van der Waals surface area contributed by atoms with Crippen molar-refractivity contribution in [2.24, 2.45) is 5.92 Å². The second-order valence-corrected chi connectivity index (χ2v) is 7.39. The van der Waals surface area contributed by atoms with E-state index in [1.54, 1.807) is 29.0 Å². The predicted octanol–water partition coefficient (Wildman–Crippen LogP) is 1.06. The van der Waals surface area contributed by atoms with E-state index in [2.05, 4.69) is 20.0 Å². The Morgan fingerprint density at radius 3 is 3.04 bits per heavy atom. The fourth-order valence-electron chi connectivity index (χ4n) is 3.14. The minimum Gasteiger partial charge on any atom is -0.354 e. The summed E-state index contributed by atoms with van der Waals surface area (Å²) in [6.45, 7) is 2.67. The van der Waals surface area contributed by atoms with Gasteiger partial charge in [-0.3, -0.25) is 9.48 Å². The number of amides is 3. The van der Waals surface area contributed by atoms with Crippen molar-refractivity contribution in [3.05, 3.63) is 29.0 Å². The third-order valence-corrected chi connectivity index (χ3v) is 5.17. The predicted molar refractivity (Wildman–Crippen MR) is 96.7 cm³/mol. The van der Waals surface area contributed by atoms with E-state index in [-0.39, 0.29) is 11.9 Å². The highest BCUT2D eigenvalue weighted by Crippen LogP contribution is 2.20. The molecule has 1 atom stereocenters. The van der Waals surface area contributed by atoms with E-state index in [1.807, 2.05) is 18.0 Å². The highest BCUT2D eigenvalue weighted by molar-refractivity contribution is 7.05. The van der Waals surface area contributed by atoms with Gasteiger partial charge in [0.25, 0.3) is 5.91 Å². The van der Waals surface area contributed by atoms with Crippen LogP contribution in [0.25, 0.3) is 0 Å². The number of nitrogens with zero attached hydrogens (tertiary/aromatic N) is 6. The van der Waals surface area contributed by atoms with Crippen LogP contribution in [0.5, 0.6) is 0 Å². The number of carbonyl (C=O) groups is 2. The van der Waals surface area contributed by atoms with Crippen LogP contribution in [-0.4, -0.2) is 68.3 Å². The molecule has 3 heterocycles. The molecule has 0 aromatic carbocycles. The number of carbonyl (C=O) groups excluding carboxylic acids is 2. The second-order valence-electron chi connectivity index (χ2n) is 6.48. The Morgan fingerprint density at radius 1 is 1.46 bits per heavy atom. The molecule has 26 heavy (non-hydrogen) atoms. The maximum absolute atomic E-state index is 12.7. The van der Waals surface area contributed by atoms with Crippen LogP contribution in [0.2, 0.25) is 0 Å². The first kappa shape index (κ1) is 18.3. The maximum atomic E-state index is 12.7. The number of likely N-dealkylation sites (tertiary alicyclic amines) is 1. The minimum atomic E-state index is -0.249. The lowest BCUT2D eigenvalue weighted by Crippen LogP contribution is -2.46. The molecule has 1 unspecified atom stereocenters. The molecule has 0 spiro atoms. The summed E-state index contributed by atoms with van der Waals surface area (Å²) < 4.78 is 5.76. The van der Waals surface area contributed by atoms with E-state index in [9.17, 15) is 9.59 Å². The molecule has 1 aliphatic heterocycles. The van der Waals surface area contributed by atoms with Gasteiger partial charge in [-0.2, -0.15) is 0 Å². The van der Waals surface area contributed by atoms with E-state index in [1.165, 1.54) is 11.5 Å². The van der Waals surface area contributed by atoms with Gasteiger partial charge in [0.2, 0.25) is 0 Å². The Bertz CT molecular complexity index is 746. The van der Waals surface area contributed by atoms with Crippen molar-refractivity contribution in [3.63, 3.8) is 0 Å². The lowest BCUT2D eigenvalue weighted by molar-refractivity contribution is 0.0958. The molecule has 1 N–H and O–H groups in total. The molecule has 0 aliphatic carbocycles. The number of aromatic nitrogens is 4. The van der Waals surface area contributed by atoms with Gasteiger partial charge in [0, 0.05) is 44.8 Å². The lowest BCUT2D eigenvalue weighted by atomic mass is 9.98. The zero-order valence-electron chi connectivity index (χ0n) is 15.0. The van der Waals surface area contributed by atoms with E-state index < -0.39 is 0 Å². The van der Waals surface area contributed by atoms with Crippen LogP contribution in [0.3, 0.4) is 0 Å². The Hall–Kier alpha value is -2.49. The summed E-state index contributed by atoms with van der Waals surface area (Å²) in [6.07, 6.45) is 5.38. The number of rotatable bonds is 5. The van der Waals surface area contributed by atoms with E-state index in [0.29, 0.717) is 31.2 Å². The molecular formula is C16H23N7O2S. The standard InChI is InChI=1S/C16H23N7O2S/c1-17-15(24)14-11-23(20-19-14)9-12-4-3-7-22(8-12)16(25)21(2)10-13-5-6-18-26-13/h5-6,11-12H,3-4,7-10H2,1-2H3,(H,17,24). The van der Waals surface area contributed by atoms with Gasteiger partial charge in [0.05, 0.1) is 12.7 Å². The van der Waals surface area contributed by atoms with Gasteiger partial charge < -0.3 is 15.1 Å². The molecule has 1 saturated heterocycles. The van der Waals surface area contributed by atoms with Crippen LogP contribution in [0.1, 0.15) is 28.2 Å². The first-order valence-electron chi connectivity index (χ1n) is 8.58. The van der Waals surface area contributed by atoms with Crippen molar-refractivity contribution in [1.29, 1.82) is 0 Å². The number of piperidine rings is 1. The van der Waals surface area contributed by atoms with Crippen molar-refractivity contribution >= 4 is 23.5 Å². The highest BCUT2D eigenvalue weighted by Gasteiger charge is 2.26. The average Bonchev–Trinajstić information content (AvgIpc) is 3.32. The molecule has 3 rings (SSSR count). The molecule has 1 aliphatic rings. The van der Waals surface area contributed by atoms with Crippen molar-refractivity contribution < 1.29 is 9.59 Å². The largest absolute Gasteiger partial charge is 0.354 e. The van der Waals surface area contributed by atoms with Gasteiger partial charge in [0.15, 0.2) is 5.69 Å². The topological polar surface area (TPSA) is 96.2 Å². The number of hydrogen-bond acceptors (Lipinski definition) is 6. The molecule has 9 nitrogen and oxygen atoms in total. The first-order chi connectivity index (χ1) is 12.6. The lowest BCUT2D eigenvalue weighted by Gasteiger charge is -2.35. The molecule has 0 bridgehead atoms. The quantitative estimate of drug-likeness (QED) is 0.840. The third-order valence-electron chi connectivity index (χ3n) is 4.44. The Balaban J connectivity index is 1.55. The molecule has 0 saturated carbocycles. The number of nitrogens with one attached hydrogen (secondary N) is 1. The molecule has 1 fully saturated rings. The molecule has 2 aromatic rings. The minimum absolute atomic E-state index is 0.0349. The van der Waals surface area contributed by atoms with E-state index >= 15 is 0 Å². The number of urea groups is 1. The van der Waals surface area contributed by atoms with E-state index in [4.69, 9.17) is 0 Å². The van der Waals surface area contributed by atoms with Crippen molar-refractivity contribution in [2.45, 2.75) is 25.9 Å². The van der Waals surface area contributed by atoms with E-state index in [0.717, 1.165) is 24.3 Å². The van der Waals surface area contributed by atoms with Crippen molar-refractivity contribution in [1.82, 2.24) is 34.5 Å². The van der Waals surface area contributed by atoms with Crippen LogP contribution in [0.15, 0.2) is 18.5 Å². The molecular weight excluding hydrogens is 354 g/mol. The second kappa shape index (κ2) is 8.26. The summed E-state index contributed by atoms with van der Waals surface area (Å²) in [4.78, 5) is 29.0. The zero-order valence-corrected chi connectivity index (χ0v) is 15.8. The Labute approximate surface area is 156 Å². The van der Waals surface area contributed by atoms with Gasteiger partial charge in [0.1, 0.15) is 0 Å². The third kappa shape index (κ3) is 4.37. The fraction of sp³-hybridized carbons (Fsp3) is 0.562. The fourth-order valence-corrected chi connectivity index (χ4v) is 3.77. The number of hydrogen-bond donors (Lipinski definition) is 1. The smallest absolute Gasteiger partial charge is 0.320 e. The normalized spacial score (nSPS) is 17.2. The molecule has 3 amide bonds. The summed E-state index contributed by atoms with van der Waals surface area (Å²) in [5, 5.41) is 10.4. The van der Waals surface area contributed by atoms with Crippen molar-refractivity contribution in [3.8, 4) is 0 Å². The molecule has 10 heteroatoms. The van der Waals surface area contributed by atoms with Crippen LogP contribution in [0.4, 0.5) is 4.79 Å². The molecule has 2 aromatic heterocycles.